The summed E-state index contributed by atoms with van der Waals surface area (Å²) in [6, 6.07) is 14.9. The quantitative estimate of drug-likeness (QED) is 0.690. The van der Waals surface area contributed by atoms with Crippen molar-refractivity contribution in [1.82, 2.24) is 15.2 Å². The first-order valence-electron chi connectivity index (χ1n) is 7.63. The Bertz CT molecular complexity index is 881. The third kappa shape index (κ3) is 4.08. The number of esters is 1. The van der Waals surface area contributed by atoms with Crippen LogP contribution in [0.4, 0.5) is 23.1 Å². The van der Waals surface area contributed by atoms with Crippen molar-refractivity contribution in [3.8, 4) is 0 Å². The van der Waals surface area contributed by atoms with Crippen molar-refractivity contribution in [2.75, 3.05) is 17.7 Å². The summed E-state index contributed by atoms with van der Waals surface area (Å²) in [5.41, 5.74) is 3.02. The zero-order valence-electron chi connectivity index (χ0n) is 13.9. The molecule has 7 nitrogen and oxygen atoms in total. The number of ether oxygens (including phenoxy) is 1. The van der Waals surface area contributed by atoms with Gasteiger partial charge in [0, 0.05) is 5.69 Å². The number of hydrogen-bond acceptors (Lipinski definition) is 7. The molecule has 1 heterocycles. The predicted molar refractivity (Wildman–Crippen MR) is 95.4 cm³/mol. The van der Waals surface area contributed by atoms with Gasteiger partial charge in [0.05, 0.1) is 24.6 Å². The van der Waals surface area contributed by atoms with Crippen molar-refractivity contribution >= 4 is 29.1 Å². The molecule has 0 spiro atoms. The zero-order chi connectivity index (χ0) is 17.6. The molecular formula is C18H17N5O2. The maximum atomic E-state index is 11.8. The number of aromatic nitrogens is 3. The van der Waals surface area contributed by atoms with Gasteiger partial charge < -0.3 is 15.4 Å². The Kier molecular flexibility index (Phi) is 4.84. The van der Waals surface area contributed by atoms with E-state index in [9.17, 15) is 4.79 Å². The highest BCUT2D eigenvalue weighted by Crippen LogP contribution is 2.21. The summed E-state index contributed by atoms with van der Waals surface area (Å²) in [5, 5.41) is 14.1. The second-order valence-corrected chi connectivity index (χ2v) is 5.32. The lowest BCUT2D eigenvalue weighted by Crippen LogP contribution is -2.07. The number of carbonyl (C=O) groups is 1. The number of nitrogens with zero attached hydrogens (tertiary/aromatic N) is 3. The molecule has 3 aromatic rings. The van der Waals surface area contributed by atoms with E-state index in [4.69, 9.17) is 4.74 Å². The normalized spacial score (nSPS) is 10.2. The first kappa shape index (κ1) is 16.4. The lowest BCUT2D eigenvalue weighted by Gasteiger charge is -2.10. The van der Waals surface area contributed by atoms with Crippen LogP contribution in [0.25, 0.3) is 0 Å². The smallest absolute Gasteiger partial charge is 0.339 e. The molecule has 0 aliphatic carbocycles. The van der Waals surface area contributed by atoms with Gasteiger partial charge in [0.25, 0.3) is 0 Å². The summed E-state index contributed by atoms with van der Waals surface area (Å²) < 4.78 is 4.79. The van der Waals surface area contributed by atoms with E-state index in [1.165, 1.54) is 18.9 Å². The van der Waals surface area contributed by atoms with Crippen LogP contribution < -0.4 is 10.6 Å². The molecule has 0 aliphatic rings. The van der Waals surface area contributed by atoms with E-state index in [1.807, 2.05) is 37.3 Å². The van der Waals surface area contributed by atoms with Crippen molar-refractivity contribution in [2.45, 2.75) is 6.92 Å². The van der Waals surface area contributed by atoms with Crippen LogP contribution in [-0.2, 0) is 4.74 Å². The number of methoxy groups -OCH3 is 1. The molecule has 1 aromatic heterocycles. The van der Waals surface area contributed by atoms with Crippen LogP contribution in [0, 0.1) is 6.92 Å². The van der Waals surface area contributed by atoms with Gasteiger partial charge in [0.15, 0.2) is 5.82 Å². The average Bonchev–Trinajstić information content (AvgIpc) is 2.64. The highest BCUT2D eigenvalue weighted by Gasteiger charge is 2.12. The van der Waals surface area contributed by atoms with E-state index in [1.54, 1.807) is 18.2 Å². The number of benzene rings is 2. The molecule has 3 rings (SSSR count). The summed E-state index contributed by atoms with van der Waals surface area (Å²) in [6.07, 6.45) is 1.48. The Labute approximate surface area is 145 Å². The summed E-state index contributed by atoms with van der Waals surface area (Å²) >= 11 is 0. The number of hydrogen-bond donors (Lipinski definition) is 2. The summed E-state index contributed by atoms with van der Waals surface area (Å²) in [5.74, 6) is 0.383. The van der Waals surface area contributed by atoms with E-state index >= 15 is 0 Å². The van der Waals surface area contributed by atoms with Crippen molar-refractivity contribution in [1.29, 1.82) is 0 Å². The monoisotopic (exact) mass is 335 g/mol. The third-order valence-corrected chi connectivity index (χ3v) is 3.46. The second-order valence-electron chi connectivity index (χ2n) is 5.32. The zero-order valence-corrected chi connectivity index (χ0v) is 13.9. The standard InChI is InChI=1S/C18H17N5O2/c1-12-7-9-13(10-8-12)20-18-22-16(11-19-23-18)21-15-6-4-3-5-14(15)17(24)25-2/h3-11H,1-2H3,(H2,20,21,22,23). The Morgan fingerprint density at radius 3 is 2.56 bits per heavy atom. The average molecular weight is 335 g/mol. The number of aryl methyl sites for hydroxylation is 1. The highest BCUT2D eigenvalue weighted by atomic mass is 16.5. The van der Waals surface area contributed by atoms with Gasteiger partial charge in [0.1, 0.15) is 0 Å². The number of nitrogens with one attached hydrogen (secondary N) is 2. The molecule has 0 radical (unpaired) electrons. The topological polar surface area (TPSA) is 89.0 Å². The van der Waals surface area contributed by atoms with Crippen LogP contribution in [0.1, 0.15) is 15.9 Å². The van der Waals surface area contributed by atoms with Crippen molar-refractivity contribution < 1.29 is 9.53 Å². The van der Waals surface area contributed by atoms with Crippen LogP contribution in [0.3, 0.4) is 0 Å². The molecule has 2 aromatic carbocycles. The van der Waals surface area contributed by atoms with Gasteiger partial charge in [-0.1, -0.05) is 29.8 Å². The van der Waals surface area contributed by atoms with Gasteiger partial charge in [-0.15, -0.1) is 5.10 Å². The van der Waals surface area contributed by atoms with Gasteiger partial charge in [0.2, 0.25) is 5.95 Å². The molecule has 25 heavy (non-hydrogen) atoms. The molecule has 126 valence electrons. The fraction of sp³-hybridized carbons (Fsp3) is 0.111. The van der Waals surface area contributed by atoms with Crippen LogP contribution in [0.2, 0.25) is 0 Å². The molecule has 0 unspecified atom stereocenters. The Balaban J connectivity index is 1.81. The maximum Gasteiger partial charge on any atom is 0.339 e. The van der Waals surface area contributed by atoms with E-state index in [-0.39, 0.29) is 0 Å². The van der Waals surface area contributed by atoms with Crippen LogP contribution >= 0.6 is 0 Å². The van der Waals surface area contributed by atoms with E-state index in [2.05, 4.69) is 25.8 Å². The molecule has 0 atom stereocenters. The maximum absolute atomic E-state index is 11.8. The molecular weight excluding hydrogens is 318 g/mol. The molecule has 0 saturated heterocycles. The first-order chi connectivity index (χ1) is 12.2. The Morgan fingerprint density at radius 1 is 1.04 bits per heavy atom. The number of para-hydroxylation sites is 1. The molecule has 0 aliphatic heterocycles. The lowest BCUT2D eigenvalue weighted by molar-refractivity contribution is 0.0602. The SMILES string of the molecule is COC(=O)c1ccccc1Nc1cnnc(Nc2ccc(C)cc2)n1. The number of anilines is 4. The van der Waals surface area contributed by atoms with E-state index < -0.39 is 5.97 Å². The minimum absolute atomic E-state index is 0.351. The fourth-order valence-corrected chi connectivity index (χ4v) is 2.20. The van der Waals surface area contributed by atoms with Gasteiger partial charge in [-0.25, -0.2) is 4.79 Å². The van der Waals surface area contributed by atoms with Gasteiger partial charge in [-0.05, 0) is 31.2 Å². The molecule has 7 heteroatoms. The van der Waals surface area contributed by atoms with Crippen molar-refractivity contribution in [3.05, 3.63) is 65.9 Å². The van der Waals surface area contributed by atoms with E-state index in [0.717, 1.165) is 5.69 Å². The van der Waals surface area contributed by atoms with E-state index in [0.29, 0.717) is 23.0 Å². The van der Waals surface area contributed by atoms with Crippen molar-refractivity contribution in [2.24, 2.45) is 0 Å². The van der Waals surface area contributed by atoms with Gasteiger partial charge in [-0.2, -0.15) is 10.1 Å². The second kappa shape index (κ2) is 7.39. The van der Waals surface area contributed by atoms with Crippen LogP contribution in [0.15, 0.2) is 54.7 Å². The fourth-order valence-electron chi connectivity index (χ4n) is 2.20. The lowest BCUT2D eigenvalue weighted by atomic mass is 10.2. The minimum Gasteiger partial charge on any atom is -0.465 e. The molecule has 0 saturated carbocycles. The third-order valence-electron chi connectivity index (χ3n) is 3.46. The summed E-state index contributed by atoms with van der Waals surface area (Å²) in [6.45, 7) is 2.02. The molecule has 2 N–H and O–H groups in total. The number of rotatable bonds is 5. The summed E-state index contributed by atoms with van der Waals surface area (Å²) in [4.78, 5) is 16.2. The Hall–Kier alpha value is -3.48. The van der Waals surface area contributed by atoms with Gasteiger partial charge >= 0.3 is 5.97 Å². The number of carbonyl (C=O) groups excluding carboxylic acids is 1. The predicted octanol–water partition coefficient (Wildman–Crippen LogP) is 3.45. The highest BCUT2D eigenvalue weighted by molar-refractivity contribution is 5.96. The molecule has 0 fully saturated rings. The minimum atomic E-state index is -0.428. The van der Waals surface area contributed by atoms with Gasteiger partial charge in [-0.3, -0.25) is 0 Å². The molecule has 0 amide bonds. The largest absolute Gasteiger partial charge is 0.465 e. The first-order valence-corrected chi connectivity index (χ1v) is 7.63. The summed E-state index contributed by atoms with van der Waals surface area (Å²) in [7, 11) is 1.34. The van der Waals surface area contributed by atoms with Crippen LogP contribution in [0.5, 0.6) is 0 Å². The Morgan fingerprint density at radius 2 is 1.80 bits per heavy atom. The van der Waals surface area contributed by atoms with Crippen molar-refractivity contribution in [3.63, 3.8) is 0 Å². The van der Waals surface area contributed by atoms with Crippen LogP contribution in [-0.4, -0.2) is 28.3 Å². The molecule has 0 bridgehead atoms.